The molecule has 0 spiro atoms. The third-order valence-corrected chi connectivity index (χ3v) is 3.98. The van der Waals surface area contributed by atoms with E-state index in [0.29, 0.717) is 10.3 Å². The van der Waals surface area contributed by atoms with Gasteiger partial charge in [0.1, 0.15) is 11.8 Å². The summed E-state index contributed by atoms with van der Waals surface area (Å²) in [7, 11) is 1.76. The predicted molar refractivity (Wildman–Crippen MR) is 84.6 cm³/mol. The van der Waals surface area contributed by atoms with E-state index in [0.717, 1.165) is 16.7 Å². The number of nitrogens with zero attached hydrogens (tertiary/aromatic N) is 3. The minimum atomic E-state index is -0.760. The Bertz CT molecular complexity index is 718. The molecule has 0 amide bonds. The third-order valence-electron chi connectivity index (χ3n) is 3.42. The van der Waals surface area contributed by atoms with Crippen molar-refractivity contribution in [1.29, 1.82) is 0 Å². The molecule has 1 N–H and O–H groups in total. The van der Waals surface area contributed by atoms with Gasteiger partial charge in [0.05, 0.1) is 0 Å². The molecule has 3 rings (SSSR count). The van der Waals surface area contributed by atoms with E-state index in [4.69, 9.17) is 0 Å². The summed E-state index contributed by atoms with van der Waals surface area (Å²) in [6.45, 7) is 0. The van der Waals surface area contributed by atoms with Crippen LogP contribution in [0.2, 0.25) is 0 Å². The number of hydrogen-bond acceptors (Lipinski definition) is 3. The van der Waals surface area contributed by atoms with Gasteiger partial charge in [-0.3, -0.25) is 0 Å². The largest absolute Gasteiger partial charge is 0.382 e. The topological polar surface area (TPSA) is 50.9 Å². The van der Waals surface area contributed by atoms with Crippen LogP contribution in [0.25, 0.3) is 11.1 Å². The standard InChI is InChI=1S/C16H14BrN3O/c1-20-14(16(17)18-19-20)15(21)13-9-7-12(8-10-13)11-5-3-2-4-6-11/h2-10,15,21H,1H3. The lowest BCUT2D eigenvalue weighted by Gasteiger charge is -2.12. The minimum Gasteiger partial charge on any atom is -0.382 e. The third kappa shape index (κ3) is 2.75. The lowest BCUT2D eigenvalue weighted by molar-refractivity contribution is 0.209. The molecule has 1 unspecified atom stereocenters. The summed E-state index contributed by atoms with van der Waals surface area (Å²) in [6.07, 6.45) is -0.760. The molecule has 1 heterocycles. The van der Waals surface area contributed by atoms with Gasteiger partial charge in [0.15, 0.2) is 4.60 Å². The Hall–Kier alpha value is -1.98. The van der Waals surface area contributed by atoms with Gasteiger partial charge < -0.3 is 5.11 Å². The molecule has 3 aromatic rings. The molecular weight excluding hydrogens is 330 g/mol. The van der Waals surface area contributed by atoms with E-state index in [2.05, 4.69) is 38.4 Å². The molecule has 5 heteroatoms. The van der Waals surface area contributed by atoms with Crippen LogP contribution >= 0.6 is 15.9 Å². The number of aliphatic hydroxyl groups is 1. The van der Waals surface area contributed by atoms with Gasteiger partial charge in [0, 0.05) is 7.05 Å². The second-order valence-corrected chi connectivity index (χ2v) is 5.53. The van der Waals surface area contributed by atoms with E-state index in [1.165, 1.54) is 0 Å². The SMILES string of the molecule is Cn1nnc(Br)c1C(O)c1ccc(-c2ccccc2)cc1. The molecule has 2 aromatic carbocycles. The van der Waals surface area contributed by atoms with Crippen LogP contribution in [0.3, 0.4) is 0 Å². The zero-order valence-electron chi connectivity index (χ0n) is 11.4. The Balaban J connectivity index is 1.91. The number of aromatic nitrogens is 3. The number of rotatable bonds is 3. The highest BCUT2D eigenvalue weighted by molar-refractivity contribution is 9.10. The van der Waals surface area contributed by atoms with E-state index in [1.54, 1.807) is 11.7 Å². The second kappa shape index (κ2) is 5.79. The van der Waals surface area contributed by atoms with Crippen LogP contribution in [0.5, 0.6) is 0 Å². The van der Waals surface area contributed by atoms with Gasteiger partial charge >= 0.3 is 0 Å². The number of benzene rings is 2. The highest BCUT2D eigenvalue weighted by Gasteiger charge is 2.19. The van der Waals surface area contributed by atoms with Crippen molar-refractivity contribution in [3.8, 4) is 11.1 Å². The number of aliphatic hydroxyl groups excluding tert-OH is 1. The van der Waals surface area contributed by atoms with Crippen LogP contribution in [0.1, 0.15) is 17.4 Å². The second-order valence-electron chi connectivity index (χ2n) is 4.78. The first kappa shape index (κ1) is 14.0. The fourth-order valence-corrected chi connectivity index (χ4v) is 2.82. The molecule has 0 radical (unpaired) electrons. The molecule has 4 nitrogen and oxygen atoms in total. The van der Waals surface area contributed by atoms with Crippen molar-refractivity contribution in [2.24, 2.45) is 7.05 Å². The maximum absolute atomic E-state index is 10.5. The normalized spacial score (nSPS) is 12.3. The molecule has 0 aliphatic heterocycles. The Labute approximate surface area is 131 Å². The Morgan fingerprint density at radius 2 is 1.62 bits per heavy atom. The predicted octanol–water partition coefficient (Wildman–Crippen LogP) is 3.33. The summed E-state index contributed by atoms with van der Waals surface area (Å²) < 4.78 is 2.13. The summed E-state index contributed by atoms with van der Waals surface area (Å²) in [5, 5.41) is 18.3. The number of halogens is 1. The first-order valence-corrected chi connectivity index (χ1v) is 7.34. The minimum absolute atomic E-state index is 0.560. The monoisotopic (exact) mass is 343 g/mol. The molecule has 0 aliphatic carbocycles. The van der Waals surface area contributed by atoms with Crippen LogP contribution in [-0.2, 0) is 7.05 Å². The maximum atomic E-state index is 10.5. The molecule has 1 aromatic heterocycles. The summed E-state index contributed by atoms with van der Waals surface area (Å²) in [5.41, 5.74) is 3.72. The van der Waals surface area contributed by atoms with Crippen molar-refractivity contribution < 1.29 is 5.11 Å². The van der Waals surface area contributed by atoms with E-state index in [1.807, 2.05) is 42.5 Å². The van der Waals surface area contributed by atoms with Crippen molar-refractivity contribution in [2.75, 3.05) is 0 Å². The Morgan fingerprint density at radius 3 is 2.19 bits per heavy atom. The van der Waals surface area contributed by atoms with Gasteiger partial charge in [0.25, 0.3) is 0 Å². The molecule has 1 atom stereocenters. The molecular formula is C16H14BrN3O. The highest BCUT2D eigenvalue weighted by atomic mass is 79.9. The Kier molecular flexibility index (Phi) is 3.86. The zero-order valence-corrected chi connectivity index (χ0v) is 13.0. The summed E-state index contributed by atoms with van der Waals surface area (Å²) in [5.74, 6) is 0. The van der Waals surface area contributed by atoms with Gasteiger partial charge in [-0.2, -0.15) is 0 Å². The summed E-state index contributed by atoms with van der Waals surface area (Å²) in [4.78, 5) is 0. The summed E-state index contributed by atoms with van der Waals surface area (Å²) >= 11 is 3.31. The van der Waals surface area contributed by atoms with E-state index in [-0.39, 0.29) is 0 Å². The molecule has 0 saturated carbocycles. The van der Waals surface area contributed by atoms with Crippen LogP contribution < -0.4 is 0 Å². The van der Waals surface area contributed by atoms with Crippen molar-refractivity contribution in [1.82, 2.24) is 15.0 Å². The molecule has 21 heavy (non-hydrogen) atoms. The fraction of sp³-hybridized carbons (Fsp3) is 0.125. The smallest absolute Gasteiger partial charge is 0.154 e. The molecule has 0 bridgehead atoms. The van der Waals surface area contributed by atoms with Crippen LogP contribution in [0, 0.1) is 0 Å². The highest BCUT2D eigenvalue weighted by Crippen LogP contribution is 2.28. The van der Waals surface area contributed by atoms with Crippen LogP contribution in [-0.4, -0.2) is 20.1 Å². The number of hydrogen-bond donors (Lipinski definition) is 1. The first-order valence-electron chi connectivity index (χ1n) is 6.55. The zero-order chi connectivity index (χ0) is 14.8. The van der Waals surface area contributed by atoms with E-state index >= 15 is 0 Å². The lowest BCUT2D eigenvalue weighted by atomic mass is 10.0. The van der Waals surface area contributed by atoms with Crippen molar-refractivity contribution >= 4 is 15.9 Å². The Morgan fingerprint density at radius 1 is 1.00 bits per heavy atom. The lowest BCUT2D eigenvalue weighted by Crippen LogP contribution is -2.07. The van der Waals surface area contributed by atoms with Gasteiger partial charge in [-0.15, -0.1) is 5.10 Å². The summed E-state index contributed by atoms with van der Waals surface area (Å²) in [6, 6.07) is 18.0. The van der Waals surface area contributed by atoms with Crippen LogP contribution in [0.15, 0.2) is 59.2 Å². The van der Waals surface area contributed by atoms with Crippen molar-refractivity contribution in [3.05, 3.63) is 70.5 Å². The average Bonchev–Trinajstić information content (AvgIpc) is 2.87. The first-order chi connectivity index (χ1) is 10.2. The van der Waals surface area contributed by atoms with Gasteiger partial charge in [-0.1, -0.05) is 59.8 Å². The van der Waals surface area contributed by atoms with E-state index in [9.17, 15) is 5.11 Å². The quantitative estimate of drug-likeness (QED) is 0.793. The van der Waals surface area contributed by atoms with E-state index < -0.39 is 6.10 Å². The molecule has 106 valence electrons. The van der Waals surface area contributed by atoms with Crippen LogP contribution in [0.4, 0.5) is 0 Å². The molecule has 0 fully saturated rings. The molecule has 0 saturated heterocycles. The van der Waals surface area contributed by atoms with Crippen molar-refractivity contribution in [3.63, 3.8) is 0 Å². The van der Waals surface area contributed by atoms with Gasteiger partial charge in [0.2, 0.25) is 0 Å². The van der Waals surface area contributed by atoms with Crippen molar-refractivity contribution in [2.45, 2.75) is 6.10 Å². The number of aryl methyl sites for hydroxylation is 1. The maximum Gasteiger partial charge on any atom is 0.154 e. The fourth-order valence-electron chi connectivity index (χ4n) is 2.28. The van der Waals surface area contributed by atoms with Gasteiger partial charge in [-0.05, 0) is 32.6 Å². The molecule has 0 aliphatic rings. The van der Waals surface area contributed by atoms with Gasteiger partial charge in [-0.25, -0.2) is 4.68 Å². The average molecular weight is 344 g/mol.